The van der Waals surface area contributed by atoms with Crippen molar-refractivity contribution in [1.29, 1.82) is 0 Å². The van der Waals surface area contributed by atoms with Gasteiger partial charge >= 0.3 is 24.2 Å². The minimum atomic E-state index is -5.07. The molecule has 1 heterocycles. The third-order valence-electron chi connectivity index (χ3n) is 2.54. The smallest absolute Gasteiger partial charge is 0.344 e. The van der Waals surface area contributed by atoms with Gasteiger partial charge in [0.05, 0.1) is 0 Å². The normalized spacial score (nSPS) is 24.1. The molecule has 0 aromatic carbocycles. The zero-order valence-electron chi connectivity index (χ0n) is 9.86. The van der Waals surface area contributed by atoms with Gasteiger partial charge in [0, 0.05) is 25.2 Å². The molecule has 3 N–H and O–H groups in total. The number of alkyl halides is 6. The van der Waals surface area contributed by atoms with Crippen LogP contribution in [0.15, 0.2) is 0 Å². The summed E-state index contributed by atoms with van der Waals surface area (Å²) < 4.78 is 72.1. The van der Waals surface area contributed by atoms with Gasteiger partial charge in [-0.1, -0.05) is 0 Å². The summed E-state index contributed by atoms with van der Waals surface area (Å²) in [5, 5.41) is 5.82. The molecule has 0 bridgehead atoms. The highest BCUT2D eigenvalue weighted by Gasteiger charge is 2.42. The molecule has 0 saturated carbocycles. The summed E-state index contributed by atoms with van der Waals surface area (Å²) in [5.41, 5.74) is 0. The molecule has 0 aliphatic carbocycles. The van der Waals surface area contributed by atoms with E-state index < -0.39 is 36.3 Å². The van der Waals surface area contributed by atoms with Crippen LogP contribution in [-0.4, -0.2) is 49.3 Å². The molecular weight excluding hydrogens is 296 g/mol. The van der Waals surface area contributed by atoms with Crippen LogP contribution in [0, 0.1) is 0 Å². The number of amides is 2. The van der Waals surface area contributed by atoms with Gasteiger partial charge in [0.15, 0.2) is 0 Å². The zero-order valence-corrected chi connectivity index (χ0v) is 9.86. The SMILES string of the molecule is O=C(N[C@@H]1CNC[C@H](NC(=O)C(F)(F)F)C1)C(F)(F)F. The summed E-state index contributed by atoms with van der Waals surface area (Å²) in [6.45, 7) is -0.0551. The maximum Gasteiger partial charge on any atom is 0.471 e. The van der Waals surface area contributed by atoms with Crippen molar-refractivity contribution in [2.45, 2.75) is 30.9 Å². The number of piperidine rings is 1. The molecule has 0 aromatic heterocycles. The van der Waals surface area contributed by atoms with Crippen LogP contribution in [0.1, 0.15) is 6.42 Å². The summed E-state index contributed by atoms with van der Waals surface area (Å²) >= 11 is 0. The number of carbonyl (C=O) groups is 2. The number of rotatable bonds is 2. The second-order valence-corrected chi connectivity index (χ2v) is 4.23. The molecule has 2 atom stereocenters. The maximum atomic E-state index is 12.0. The van der Waals surface area contributed by atoms with Crippen molar-refractivity contribution in [3.8, 4) is 0 Å². The Balaban J connectivity index is 2.51. The van der Waals surface area contributed by atoms with E-state index in [1.165, 1.54) is 0 Å². The number of hydrogen-bond acceptors (Lipinski definition) is 3. The second-order valence-electron chi connectivity index (χ2n) is 4.23. The van der Waals surface area contributed by atoms with Crippen LogP contribution in [-0.2, 0) is 9.59 Å². The minimum absolute atomic E-state index is 0.0276. The second kappa shape index (κ2) is 5.85. The van der Waals surface area contributed by atoms with E-state index in [2.05, 4.69) is 5.32 Å². The lowest BCUT2D eigenvalue weighted by atomic mass is 10.0. The molecular formula is C9H11F6N3O2. The number of carbonyl (C=O) groups excluding carboxylic acids is 2. The van der Waals surface area contributed by atoms with Gasteiger partial charge in [-0.15, -0.1) is 0 Å². The topological polar surface area (TPSA) is 70.2 Å². The standard InChI is InChI=1S/C9H11F6N3O2/c10-8(11,12)6(19)17-4-1-5(3-16-2-4)18-7(20)9(13,14)15/h4-5,16H,1-3H2,(H,17,19)(H,18,20)/t4-,5+. The predicted octanol–water partition coefficient (Wildman–Crippen LogP) is 0.0739. The maximum absolute atomic E-state index is 12.0. The Morgan fingerprint density at radius 1 is 0.850 bits per heavy atom. The van der Waals surface area contributed by atoms with Crippen molar-refractivity contribution in [2.24, 2.45) is 0 Å². The van der Waals surface area contributed by atoms with Gasteiger partial charge in [-0.3, -0.25) is 9.59 Å². The van der Waals surface area contributed by atoms with Crippen molar-refractivity contribution >= 4 is 11.8 Å². The van der Waals surface area contributed by atoms with Crippen LogP contribution in [0.25, 0.3) is 0 Å². The molecule has 1 aliphatic heterocycles. The third-order valence-corrected chi connectivity index (χ3v) is 2.54. The largest absolute Gasteiger partial charge is 0.471 e. The fourth-order valence-electron chi connectivity index (χ4n) is 1.70. The van der Waals surface area contributed by atoms with Gasteiger partial charge in [-0.25, -0.2) is 0 Å². The first-order chi connectivity index (χ1) is 9.00. The number of halogens is 6. The summed E-state index contributed by atoms with van der Waals surface area (Å²) in [5.74, 6) is -4.35. The lowest BCUT2D eigenvalue weighted by Crippen LogP contribution is -2.58. The molecule has 5 nitrogen and oxygen atoms in total. The van der Waals surface area contributed by atoms with E-state index in [4.69, 9.17) is 0 Å². The molecule has 116 valence electrons. The van der Waals surface area contributed by atoms with Crippen LogP contribution < -0.4 is 16.0 Å². The van der Waals surface area contributed by atoms with Gasteiger partial charge < -0.3 is 16.0 Å². The Kier molecular flexibility index (Phi) is 4.84. The van der Waals surface area contributed by atoms with Crippen LogP contribution >= 0.6 is 0 Å². The van der Waals surface area contributed by atoms with E-state index in [0.717, 1.165) is 0 Å². The molecule has 2 amide bonds. The quantitative estimate of drug-likeness (QED) is 0.633. The molecule has 1 aliphatic rings. The van der Waals surface area contributed by atoms with Crippen molar-refractivity contribution in [2.75, 3.05) is 13.1 Å². The first-order valence-corrected chi connectivity index (χ1v) is 5.46. The summed E-state index contributed by atoms with van der Waals surface area (Å²) in [6, 6.07) is -2.03. The van der Waals surface area contributed by atoms with Gasteiger partial charge in [0.25, 0.3) is 0 Å². The van der Waals surface area contributed by atoms with E-state index in [1.54, 1.807) is 10.6 Å². The van der Waals surface area contributed by atoms with Crippen LogP contribution in [0.2, 0.25) is 0 Å². The van der Waals surface area contributed by atoms with E-state index >= 15 is 0 Å². The monoisotopic (exact) mass is 307 g/mol. The molecule has 1 rings (SSSR count). The van der Waals surface area contributed by atoms with Gasteiger partial charge in [-0.2, -0.15) is 26.3 Å². The van der Waals surface area contributed by atoms with Crippen LogP contribution in [0.5, 0.6) is 0 Å². The molecule has 0 unspecified atom stereocenters. The van der Waals surface area contributed by atoms with E-state index in [1.807, 2.05) is 0 Å². The van der Waals surface area contributed by atoms with E-state index in [-0.39, 0.29) is 19.5 Å². The molecule has 20 heavy (non-hydrogen) atoms. The van der Waals surface area contributed by atoms with Crippen molar-refractivity contribution < 1.29 is 35.9 Å². The average Bonchev–Trinajstić information content (AvgIpc) is 2.26. The fourth-order valence-corrected chi connectivity index (χ4v) is 1.70. The molecule has 1 fully saturated rings. The van der Waals surface area contributed by atoms with Crippen molar-refractivity contribution in [3.63, 3.8) is 0 Å². The fraction of sp³-hybridized carbons (Fsp3) is 0.778. The molecule has 0 aromatic rings. The molecule has 1 saturated heterocycles. The number of hydrogen-bond donors (Lipinski definition) is 3. The number of nitrogens with one attached hydrogen (secondary N) is 3. The van der Waals surface area contributed by atoms with Gasteiger partial charge in [0.1, 0.15) is 0 Å². The van der Waals surface area contributed by atoms with Gasteiger partial charge in [0.2, 0.25) is 0 Å². The van der Waals surface area contributed by atoms with Crippen molar-refractivity contribution in [3.05, 3.63) is 0 Å². The predicted molar refractivity (Wildman–Crippen MR) is 53.5 cm³/mol. The summed E-state index contributed by atoms with van der Waals surface area (Å²) in [6.07, 6.45) is -10.4. The zero-order chi connectivity index (χ0) is 15.6. The molecule has 0 radical (unpaired) electrons. The Bertz CT molecular complexity index is 347. The van der Waals surface area contributed by atoms with Crippen LogP contribution in [0.3, 0.4) is 0 Å². The Morgan fingerprint density at radius 2 is 1.20 bits per heavy atom. The van der Waals surface area contributed by atoms with Gasteiger partial charge in [-0.05, 0) is 6.42 Å². The highest BCUT2D eigenvalue weighted by atomic mass is 19.4. The molecule has 0 spiro atoms. The lowest BCUT2D eigenvalue weighted by molar-refractivity contribution is -0.175. The van der Waals surface area contributed by atoms with E-state index in [0.29, 0.717) is 0 Å². The van der Waals surface area contributed by atoms with Crippen LogP contribution in [0.4, 0.5) is 26.3 Å². The first-order valence-electron chi connectivity index (χ1n) is 5.46. The Morgan fingerprint density at radius 3 is 1.50 bits per heavy atom. The molecule has 11 heteroatoms. The minimum Gasteiger partial charge on any atom is -0.344 e. The Hall–Kier alpha value is -1.52. The first kappa shape index (κ1) is 16.5. The highest BCUT2D eigenvalue weighted by Crippen LogP contribution is 2.17. The highest BCUT2D eigenvalue weighted by molar-refractivity contribution is 5.82. The Labute approximate surface area is 109 Å². The third kappa shape index (κ3) is 4.87. The van der Waals surface area contributed by atoms with E-state index in [9.17, 15) is 35.9 Å². The average molecular weight is 307 g/mol. The van der Waals surface area contributed by atoms with Crippen molar-refractivity contribution in [1.82, 2.24) is 16.0 Å². The lowest BCUT2D eigenvalue weighted by Gasteiger charge is -2.31. The summed E-state index contributed by atoms with van der Waals surface area (Å²) in [7, 11) is 0. The summed E-state index contributed by atoms with van der Waals surface area (Å²) in [4.78, 5) is 21.4.